The maximum Gasteiger partial charge on any atom is 0.296 e. The summed E-state index contributed by atoms with van der Waals surface area (Å²) >= 11 is 5.50. The van der Waals surface area contributed by atoms with E-state index in [1.807, 2.05) is 0 Å². The molecule has 2 rings (SSSR count). The molecule has 0 aromatic heterocycles. The average Bonchev–Trinajstić information content (AvgIpc) is 2.56. The van der Waals surface area contributed by atoms with Gasteiger partial charge in [-0.25, -0.2) is 0 Å². The van der Waals surface area contributed by atoms with Crippen LogP contribution in [0.5, 0.6) is 0 Å². The molecule has 16 heavy (non-hydrogen) atoms. The van der Waals surface area contributed by atoms with E-state index in [-0.39, 0.29) is 0 Å². The normalized spacial score (nSPS) is 12.8. The number of anilines is 1. The second-order valence-electron chi connectivity index (χ2n) is 3.25. The lowest BCUT2D eigenvalue weighted by atomic mass is 10.0. The van der Waals surface area contributed by atoms with Crippen molar-refractivity contribution in [3.05, 3.63) is 29.3 Å². The van der Waals surface area contributed by atoms with E-state index in [1.54, 1.807) is 18.2 Å². The van der Waals surface area contributed by atoms with Crippen LogP contribution in [-0.4, -0.2) is 17.6 Å². The van der Waals surface area contributed by atoms with Crippen LogP contribution in [0.3, 0.4) is 0 Å². The molecule has 4 heteroatoms. The quantitative estimate of drug-likeness (QED) is 0.457. The highest BCUT2D eigenvalue weighted by molar-refractivity contribution is 6.52. The van der Waals surface area contributed by atoms with Crippen molar-refractivity contribution in [2.75, 3.05) is 11.2 Å². The summed E-state index contributed by atoms with van der Waals surface area (Å²) < 4.78 is 0. The molecule has 3 nitrogen and oxygen atoms in total. The number of alkyl halides is 1. The van der Waals surface area contributed by atoms with Gasteiger partial charge in [-0.2, -0.15) is 0 Å². The van der Waals surface area contributed by atoms with Gasteiger partial charge in [0, 0.05) is 17.9 Å². The Labute approximate surface area is 97.8 Å². The number of carbonyl (C=O) groups is 2. The van der Waals surface area contributed by atoms with Crippen molar-refractivity contribution in [1.82, 2.24) is 0 Å². The van der Waals surface area contributed by atoms with Gasteiger partial charge in [0.2, 0.25) is 0 Å². The fraction of sp³-hybridized carbons (Fsp3) is 0.167. The third kappa shape index (κ3) is 1.80. The SMILES string of the molecule is O=C1Nc2cccc(C#CCCCl)c2C1=O. The van der Waals surface area contributed by atoms with Crippen LogP contribution in [0.2, 0.25) is 0 Å². The van der Waals surface area contributed by atoms with Gasteiger partial charge < -0.3 is 5.32 Å². The van der Waals surface area contributed by atoms with Gasteiger partial charge in [0.15, 0.2) is 0 Å². The van der Waals surface area contributed by atoms with E-state index in [2.05, 4.69) is 17.2 Å². The van der Waals surface area contributed by atoms with E-state index in [0.717, 1.165) is 0 Å². The standard InChI is InChI=1S/C12H8ClNO2/c13-7-2-1-4-8-5-3-6-9-10(8)11(15)12(16)14-9/h3,5-6H,2,7H2,(H,14,15,16). The number of ketones is 1. The second-order valence-corrected chi connectivity index (χ2v) is 3.63. The number of fused-ring (bicyclic) bond motifs is 1. The first-order chi connectivity index (χ1) is 7.74. The molecule has 0 saturated heterocycles. The molecule has 0 saturated carbocycles. The molecule has 0 spiro atoms. The zero-order chi connectivity index (χ0) is 11.5. The Bertz CT molecular complexity index is 526. The number of benzene rings is 1. The molecule has 0 aliphatic carbocycles. The highest BCUT2D eigenvalue weighted by Crippen LogP contribution is 2.25. The number of Topliss-reactive ketones (excluding diaryl/α,β-unsaturated/α-hetero) is 1. The zero-order valence-corrected chi connectivity index (χ0v) is 9.10. The molecular formula is C12H8ClNO2. The Hall–Kier alpha value is -1.79. The van der Waals surface area contributed by atoms with Gasteiger partial charge in [-0.1, -0.05) is 17.9 Å². The minimum atomic E-state index is -0.596. The minimum absolute atomic E-state index is 0.370. The second kappa shape index (κ2) is 4.38. The molecular weight excluding hydrogens is 226 g/mol. The first-order valence-corrected chi connectivity index (χ1v) is 5.31. The van der Waals surface area contributed by atoms with Crippen molar-refractivity contribution in [2.45, 2.75) is 6.42 Å². The van der Waals surface area contributed by atoms with Gasteiger partial charge in [0.05, 0.1) is 11.3 Å². The first-order valence-electron chi connectivity index (χ1n) is 4.77. The van der Waals surface area contributed by atoms with Crippen LogP contribution < -0.4 is 5.32 Å². The zero-order valence-electron chi connectivity index (χ0n) is 8.34. The summed E-state index contributed by atoms with van der Waals surface area (Å²) in [6.07, 6.45) is 0.556. The van der Waals surface area contributed by atoms with Crippen molar-refractivity contribution >= 4 is 29.0 Å². The maximum absolute atomic E-state index is 11.5. The van der Waals surface area contributed by atoms with Gasteiger partial charge in [-0.05, 0) is 12.1 Å². The summed E-state index contributed by atoms with van der Waals surface area (Å²) in [7, 11) is 0. The van der Waals surface area contributed by atoms with Crippen LogP contribution in [-0.2, 0) is 4.79 Å². The van der Waals surface area contributed by atoms with Crippen LogP contribution >= 0.6 is 11.6 Å². The van der Waals surface area contributed by atoms with E-state index in [1.165, 1.54) is 0 Å². The fourth-order valence-electron chi connectivity index (χ4n) is 1.50. The molecule has 0 unspecified atom stereocenters. The molecule has 0 atom stereocenters. The number of nitrogens with one attached hydrogen (secondary N) is 1. The lowest BCUT2D eigenvalue weighted by Gasteiger charge is -1.98. The van der Waals surface area contributed by atoms with Crippen molar-refractivity contribution in [3.8, 4) is 11.8 Å². The van der Waals surface area contributed by atoms with Crippen LogP contribution in [0.4, 0.5) is 5.69 Å². The number of rotatable bonds is 1. The van der Waals surface area contributed by atoms with Crippen LogP contribution in [0.15, 0.2) is 18.2 Å². The topological polar surface area (TPSA) is 46.2 Å². The summed E-state index contributed by atoms with van der Waals surface area (Å²) in [6, 6.07) is 5.16. The molecule has 0 radical (unpaired) electrons. The average molecular weight is 234 g/mol. The minimum Gasteiger partial charge on any atom is -0.318 e. The van der Waals surface area contributed by atoms with Crippen LogP contribution in [0.1, 0.15) is 22.3 Å². The van der Waals surface area contributed by atoms with Gasteiger partial charge >= 0.3 is 0 Å². The van der Waals surface area contributed by atoms with Gasteiger partial charge in [0.25, 0.3) is 11.7 Å². The summed E-state index contributed by atoms with van der Waals surface area (Å²) in [5, 5.41) is 2.50. The molecule has 80 valence electrons. The highest BCUT2D eigenvalue weighted by atomic mass is 35.5. The Balaban J connectivity index is 2.44. The molecule has 0 fully saturated rings. The summed E-state index contributed by atoms with van der Waals surface area (Å²) in [6.45, 7) is 0. The first kappa shape index (κ1) is 10.7. The lowest BCUT2D eigenvalue weighted by Crippen LogP contribution is -2.12. The fourth-order valence-corrected chi connectivity index (χ4v) is 1.60. The number of halogens is 1. The molecule has 1 amide bonds. The van der Waals surface area contributed by atoms with Gasteiger partial charge in [0.1, 0.15) is 0 Å². The predicted octanol–water partition coefficient (Wildman–Crippen LogP) is 1.80. The molecule has 1 aliphatic rings. The molecule has 1 N–H and O–H groups in total. The van der Waals surface area contributed by atoms with Crippen LogP contribution in [0, 0.1) is 11.8 Å². The lowest BCUT2D eigenvalue weighted by molar-refractivity contribution is -0.112. The van der Waals surface area contributed by atoms with Crippen molar-refractivity contribution < 1.29 is 9.59 Å². The Kier molecular flexibility index (Phi) is 2.93. The molecule has 1 aromatic rings. The number of hydrogen-bond acceptors (Lipinski definition) is 2. The number of carbonyl (C=O) groups excluding carboxylic acids is 2. The summed E-state index contributed by atoms with van der Waals surface area (Å²) in [4.78, 5) is 22.7. The third-order valence-electron chi connectivity index (χ3n) is 2.19. The Morgan fingerprint density at radius 3 is 2.88 bits per heavy atom. The molecule has 1 heterocycles. The number of amides is 1. The predicted molar refractivity (Wildman–Crippen MR) is 61.6 cm³/mol. The highest BCUT2D eigenvalue weighted by Gasteiger charge is 2.29. The number of hydrogen-bond donors (Lipinski definition) is 1. The summed E-state index contributed by atoms with van der Waals surface area (Å²) in [5.74, 6) is 5.03. The van der Waals surface area contributed by atoms with Crippen LogP contribution in [0.25, 0.3) is 0 Å². The molecule has 1 aromatic carbocycles. The van der Waals surface area contributed by atoms with Crippen molar-refractivity contribution in [1.29, 1.82) is 0 Å². The summed E-state index contributed by atoms with van der Waals surface area (Å²) in [5.41, 5.74) is 1.48. The smallest absolute Gasteiger partial charge is 0.296 e. The van der Waals surface area contributed by atoms with Crippen molar-refractivity contribution in [2.24, 2.45) is 0 Å². The maximum atomic E-state index is 11.5. The monoisotopic (exact) mass is 233 g/mol. The van der Waals surface area contributed by atoms with E-state index in [0.29, 0.717) is 29.1 Å². The Morgan fingerprint density at radius 1 is 1.31 bits per heavy atom. The van der Waals surface area contributed by atoms with E-state index in [4.69, 9.17) is 11.6 Å². The Morgan fingerprint density at radius 2 is 2.12 bits per heavy atom. The van der Waals surface area contributed by atoms with Gasteiger partial charge in [-0.15, -0.1) is 11.6 Å². The van der Waals surface area contributed by atoms with E-state index < -0.39 is 11.7 Å². The molecule has 0 bridgehead atoms. The molecule has 1 aliphatic heterocycles. The van der Waals surface area contributed by atoms with E-state index >= 15 is 0 Å². The van der Waals surface area contributed by atoms with E-state index in [9.17, 15) is 9.59 Å². The third-order valence-corrected chi connectivity index (χ3v) is 2.38. The van der Waals surface area contributed by atoms with Crippen molar-refractivity contribution in [3.63, 3.8) is 0 Å². The largest absolute Gasteiger partial charge is 0.318 e. The van der Waals surface area contributed by atoms with Gasteiger partial charge in [-0.3, -0.25) is 9.59 Å².